The van der Waals surface area contributed by atoms with Crippen LogP contribution >= 0.6 is 0 Å². The monoisotopic (exact) mass is 718 g/mol. The van der Waals surface area contributed by atoms with E-state index in [-0.39, 0.29) is 55.3 Å². The average Bonchev–Trinajstić information content (AvgIpc) is 3.49. The summed E-state index contributed by atoms with van der Waals surface area (Å²) in [6.45, 7) is 8.21. The SMILES string of the molecule is C#CCN(Cc1cc2c(=O)[nH]c(C)nc2cc1C)c1ccc(C(=O)N[C@@H](CCC(=O)CCC[N+]2=CC(CCC[Si](C)(C)O)N=N2)C(=O)O)c(F)c1. The first-order chi connectivity index (χ1) is 24.1. The van der Waals surface area contributed by atoms with Crippen LogP contribution in [-0.4, -0.2) is 81.9 Å². The summed E-state index contributed by atoms with van der Waals surface area (Å²) in [5, 5.41) is 20.8. The number of hydrogen-bond donors (Lipinski definition) is 4. The summed E-state index contributed by atoms with van der Waals surface area (Å²) >= 11 is 0. The molecule has 0 bridgehead atoms. The van der Waals surface area contributed by atoms with Gasteiger partial charge in [-0.3, -0.25) is 14.4 Å². The van der Waals surface area contributed by atoms with Crippen LogP contribution in [0.4, 0.5) is 10.1 Å². The van der Waals surface area contributed by atoms with E-state index in [1.165, 1.54) is 12.1 Å². The summed E-state index contributed by atoms with van der Waals surface area (Å²) in [6, 6.07) is 6.80. The van der Waals surface area contributed by atoms with Crippen molar-refractivity contribution in [3.05, 3.63) is 69.0 Å². The standard InChI is InChI=1S/C36H44FN7O6Si/c1-6-15-43(21-25-19-30-33(18-23(25)2)38-24(3)39-35(30)47)27-11-13-29(31(37)20-27)34(46)40-32(36(48)49)14-12-28(45)10-7-16-44-22-26(41-42-44)9-8-17-51(4,5)50/h1,11,13,18-20,22,26,32,50H,7-10,12,14-17,21H2,2-5H3,(H2-,38,39,40,46,47,48,49)/p+1/t26?,32-/m0/s1. The van der Waals surface area contributed by atoms with Crippen LogP contribution in [0.5, 0.6) is 0 Å². The first-order valence-corrected chi connectivity index (χ1v) is 20.1. The Labute approximate surface area is 296 Å². The minimum absolute atomic E-state index is 0.0462. The van der Waals surface area contributed by atoms with E-state index in [2.05, 4.69) is 31.5 Å². The zero-order chi connectivity index (χ0) is 37.3. The van der Waals surface area contributed by atoms with Crippen LogP contribution in [0.15, 0.2) is 45.5 Å². The summed E-state index contributed by atoms with van der Waals surface area (Å²) < 4.78 is 17.1. The molecule has 13 nitrogen and oxygen atoms in total. The number of fused-ring (bicyclic) bond motifs is 1. The molecule has 0 saturated carbocycles. The number of nitrogens with one attached hydrogen (secondary N) is 2. The number of carboxylic acids is 1. The number of rotatable bonds is 18. The summed E-state index contributed by atoms with van der Waals surface area (Å²) in [5.74, 6) is -0.260. The fraction of sp³-hybridized carbons (Fsp3) is 0.444. The van der Waals surface area contributed by atoms with Crippen LogP contribution in [0, 0.1) is 32.0 Å². The third-order valence-electron chi connectivity index (χ3n) is 8.59. The Balaban J connectivity index is 1.31. The van der Waals surface area contributed by atoms with Crippen molar-refractivity contribution in [3.8, 4) is 12.3 Å². The van der Waals surface area contributed by atoms with Crippen molar-refractivity contribution in [1.29, 1.82) is 0 Å². The van der Waals surface area contributed by atoms with Crippen molar-refractivity contribution in [2.45, 2.75) is 90.1 Å². The first kappa shape index (κ1) is 38.7. The van der Waals surface area contributed by atoms with Crippen molar-refractivity contribution < 1.29 is 33.4 Å². The summed E-state index contributed by atoms with van der Waals surface area (Å²) in [6.07, 6.45) is 9.63. The number of aliphatic carboxylic acids is 1. The maximum absolute atomic E-state index is 15.4. The van der Waals surface area contributed by atoms with E-state index in [9.17, 15) is 29.1 Å². The van der Waals surface area contributed by atoms with Gasteiger partial charge >= 0.3 is 5.97 Å². The number of aryl methyl sites for hydroxylation is 2. The molecule has 1 aliphatic heterocycles. The van der Waals surface area contributed by atoms with Gasteiger partial charge in [0.25, 0.3) is 11.5 Å². The molecule has 4 rings (SSSR count). The molecule has 0 saturated heterocycles. The highest BCUT2D eigenvalue weighted by atomic mass is 28.4. The number of anilines is 1. The van der Waals surface area contributed by atoms with Gasteiger partial charge in [-0.2, -0.15) is 0 Å². The molecule has 51 heavy (non-hydrogen) atoms. The lowest BCUT2D eigenvalue weighted by Gasteiger charge is -2.24. The number of carbonyl (C=O) groups excluding carboxylic acids is 2. The molecule has 1 aromatic heterocycles. The third-order valence-corrected chi connectivity index (χ3v) is 10.2. The lowest BCUT2D eigenvalue weighted by atomic mass is 10.0. The molecular weight excluding hydrogens is 674 g/mol. The molecule has 1 unspecified atom stereocenters. The molecule has 1 amide bonds. The largest absolute Gasteiger partial charge is 0.480 e. The molecule has 0 fully saturated rings. The molecule has 2 aromatic carbocycles. The lowest BCUT2D eigenvalue weighted by Crippen LogP contribution is -2.41. The van der Waals surface area contributed by atoms with Gasteiger partial charge in [0, 0.05) is 36.6 Å². The normalized spacial score (nSPS) is 14.6. The van der Waals surface area contributed by atoms with Gasteiger partial charge in [0.1, 0.15) is 41.4 Å². The number of Topliss-reactive ketones (excluding diaryl/α,β-unsaturated/α-hetero) is 1. The smallest absolute Gasteiger partial charge is 0.326 e. The first-order valence-electron chi connectivity index (χ1n) is 16.9. The Morgan fingerprint density at radius 2 is 1.94 bits per heavy atom. The molecule has 1 aliphatic rings. The second-order valence-electron chi connectivity index (χ2n) is 13.5. The Kier molecular flexibility index (Phi) is 13.1. The van der Waals surface area contributed by atoms with E-state index in [1.54, 1.807) is 28.6 Å². The van der Waals surface area contributed by atoms with E-state index in [0.717, 1.165) is 36.1 Å². The van der Waals surface area contributed by atoms with E-state index in [4.69, 9.17) is 6.42 Å². The Hall–Kier alpha value is -5.07. The highest BCUT2D eigenvalue weighted by Gasteiger charge is 2.26. The molecular formula is C36H45FN7O6Si+. The van der Waals surface area contributed by atoms with Crippen LogP contribution < -0.4 is 15.8 Å². The second-order valence-corrected chi connectivity index (χ2v) is 17.6. The highest BCUT2D eigenvalue weighted by Crippen LogP contribution is 2.24. The lowest BCUT2D eigenvalue weighted by molar-refractivity contribution is -0.532. The summed E-state index contributed by atoms with van der Waals surface area (Å²) in [5.41, 5.74) is 1.94. The highest BCUT2D eigenvalue weighted by molar-refractivity contribution is 6.69. The molecule has 2 atom stereocenters. The fourth-order valence-electron chi connectivity index (χ4n) is 5.81. The zero-order valence-corrected chi connectivity index (χ0v) is 30.4. The number of benzene rings is 2. The van der Waals surface area contributed by atoms with Gasteiger partial charge < -0.3 is 25.1 Å². The number of H-pyrrole nitrogens is 1. The van der Waals surface area contributed by atoms with Crippen LogP contribution in [0.25, 0.3) is 10.9 Å². The van der Waals surface area contributed by atoms with Crippen molar-refractivity contribution in [2.75, 3.05) is 18.0 Å². The number of aromatic amines is 1. The number of aromatic nitrogens is 2. The topological polar surface area (TPSA) is 180 Å². The Bertz CT molecular complexity index is 1950. The number of ketones is 1. The quantitative estimate of drug-likeness (QED) is 0.0847. The Morgan fingerprint density at radius 3 is 2.63 bits per heavy atom. The molecule has 4 N–H and O–H groups in total. The van der Waals surface area contributed by atoms with Crippen molar-refractivity contribution in [3.63, 3.8) is 0 Å². The van der Waals surface area contributed by atoms with E-state index >= 15 is 4.39 Å². The van der Waals surface area contributed by atoms with E-state index in [0.29, 0.717) is 35.4 Å². The number of amides is 1. The Morgan fingerprint density at radius 1 is 1.18 bits per heavy atom. The van der Waals surface area contributed by atoms with Crippen LogP contribution in [0.3, 0.4) is 0 Å². The maximum Gasteiger partial charge on any atom is 0.326 e. The predicted octanol–water partition coefficient (Wildman–Crippen LogP) is 4.44. The van der Waals surface area contributed by atoms with Gasteiger partial charge in [-0.05, 0) is 93.7 Å². The zero-order valence-electron chi connectivity index (χ0n) is 29.4. The van der Waals surface area contributed by atoms with Gasteiger partial charge in [-0.15, -0.1) is 11.1 Å². The average molecular weight is 719 g/mol. The van der Waals surface area contributed by atoms with Crippen molar-refractivity contribution in [1.82, 2.24) is 15.3 Å². The van der Waals surface area contributed by atoms with Crippen LogP contribution in [0.1, 0.15) is 65.8 Å². The molecule has 0 aliphatic carbocycles. The van der Waals surface area contributed by atoms with E-state index in [1.807, 2.05) is 26.2 Å². The van der Waals surface area contributed by atoms with Gasteiger partial charge in [-0.1, -0.05) is 5.92 Å². The number of terminal acetylenes is 1. The van der Waals surface area contributed by atoms with Crippen LogP contribution in [-0.2, 0) is 16.1 Å². The molecule has 2 heterocycles. The molecule has 3 aromatic rings. The predicted molar refractivity (Wildman–Crippen MR) is 194 cm³/mol. The van der Waals surface area contributed by atoms with Crippen LogP contribution in [0.2, 0.25) is 19.1 Å². The molecule has 0 spiro atoms. The fourth-order valence-corrected chi connectivity index (χ4v) is 6.88. The molecule has 15 heteroatoms. The van der Waals surface area contributed by atoms with Gasteiger partial charge in [0.15, 0.2) is 8.32 Å². The number of nitrogens with zero attached hydrogens (tertiary/aromatic N) is 5. The van der Waals surface area contributed by atoms with Crippen molar-refractivity contribution >= 4 is 48.8 Å². The maximum atomic E-state index is 15.4. The van der Waals surface area contributed by atoms with Gasteiger partial charge in [0.05, 0.1) is 23.0 Å². The minimum atomic E-state index is -2.09. The number of halogens is 1. The summed E-state index contributed by atoms with van der Waals surface area (Å²) in [7, 11) is -2.09. The number of carboxylic acid groups (broad SMARTS) is 1. The number of carbonyl (C=O) groups is 3. The molecule has 0 radical (unpaired) electrons. The van der Waals surface area contributed by atoms with Gasteiger partial charge in [-0.25, -0.2) is 14.2 Å². The minimum Gasteiger partial charge on any atom is -0.480 e. The van der Waals surface area contributed by atoms with Gasteiger partial charge in [0.2, 0.25) is 6.04 Å². The second kappa shape index (κ2) is 17.2. The molecule has 270 valence electrons. The van der Waals surface area contributed by atoms with Crippen molar-refractivity contribution in [2.24, 2.45) is 10.3 Å². The number of hydrogen-bond acceptors (Lipinski definition) is 9. The van der Waals surface area contributed by atoms with E-state index < -0.39 is 32.1 Å². The summed E-state index contributed by atoms with van der Waals surface area (Å²) in [4.78, 5) is 68.8. The third kappa shape index (κ3) is 11.2.